The summed E-state index contributed by atoms with van der Waals surface area (Å²) in [6, 6.07) is 0.0436. The van der Waals surface area contributed by atoms with Gasteiger partial charge in [-0.3, -0.25) is 0 Å². The maximum atomic E-state index is 12.4. The summed E-state index contributed by atoms with van der Waals surface area (Å²) in [7, 11) is -3.48. The first-order chi connectivity index (χ1) is 9.44. The van der Waals surface area contributed by atoms with E-state index in [0.29, 0.717) is 24.1 Å². The molecular formula is C14H25N3O2S. The molecule has 0 spiro atoms. The van der Waals surface area contributed by atoms with Crippen LogP contribution in [0.15, 0.2) is 11.2 Å². The lowest BCUT2D eigenvalue weighted by molar-refractivity contribution is 0.226. The van der Waals surface area contributed by atoms with Crippen LogP contribution in [0.25, 0.3) is 0 Å². The molecule has 0 aromatic carbocycles. The Kier molecular flexibility index (Phi) is 4.86. The number of nitrogens with zero attached hydrogens (tertiary/aromatic N) is 1. The van der Waals surface area contributed by atoms with E-state index in [-0.39, 0.29) is 11.1 Å². The Balaban J connectivity index is 2.14. The van der Waals surface area contributed by atoms with Crippen molar-refractivity contribution in [2.45, 2.75) is 63.9 Å². The van der Waals surface area contributed by atoms with Crippen LogP contribution in [0, 0.1) is 11.8 Å². The maximum absolute atomic E-state index is 12.4. The van der Waals surface area contributed by atoms with E-state index in [0.717, 1.165) is 19.3 Å². The highest BCUT2D eigenvalue weighted by atomic mass is 32.2. The number of nitrogens with one attached hydrogen (secondary N) is 2. The molecule has 1 aliphatic carbocycles. The number of rotatable bonds is 5. The van der Waals surface area contributed by atoms with Gasteiger partial charge < -0.3 is 4.98 Å². The van der Waals surface area contributed by atoms with Gasteiger partial charge in [-0.05, 0) is 24.7 Å². The standard InChI is InChI=1S/C14H25N3O2S/c1-4-13-15-9-14(16-13)20(18,19)17-12-8-6-5-7-11(12)10(2)3/h9-12,17H,4-8H2,1-3H3,(H,15,16). The highest BCUT2D eigenvalue weighted by molar-refractivity contribution is 7.89. The van der Waals surface area contributed by atoms with E-state index in [2.05, 4.69) is 28.5 Å². The molecule has 2 atom stereocenters. The maximum Gasteiger partial charge on any atom is 0.257 e. The second kappa shape index (κ2) is 6.26. The van der Waals surface area contributed by atoms with Crippen molar-refractivity contribution in [1.29, 1.82) is 0 Å². The van der Waals surface area contributed by atoms with E-state index in [1.165, 1.54) is 12.6 Å². The predicted molar refractivity (Wildman–Crippen MR) is 78.9 cm³/mol. The number of hydrogen-bond acceptors (Lipinski definition) is 3. The third-order valence-corrected chi connectivity index (χ3v) is 5.61. The van der Waals surface area contributed by atoms with Gasteiger partial charge in [0.1, 0.15) is 5.82 Å². The van der Waals surface area contributed by atoms with Crippen LogP contribution in [0.1, 0.15) is 52.3 Å². The second-order valence-corrected chi connectivity index (χ2v) is 7.65. The fraction of sp³-hybridized carbons (Fsp3) is 0.786. The lowest BCUT2D eigenvalue weighted by atomic mass is 9.78. The molecule has 0 amide bonds. The summed E-state index contributed by atoms with van der Waals surface area (Å²) in [5.74, 6) is 1.62. The minimum absolute atomic E-state index is 0.0436. The molecule has 5 nitrogen and oxygen atoms in total. The van der Waals surface area contributed by atoms with Gasteiger partial charge in [-0.25, -0.2) is 18.1 Å². The lowest BCUT2D eigenvalue weighted by Gasteiger charge is -2.34. The Labute approximate surface area is 121 Å². The topological polar surface area (TPSA) is 74.8 Å². The smallest absolute Gasteiger partial charge is 0.257 e. The zero-order chi connectivity index (χ0) is 14.8. The van der Waals surface area contributed by atoms with Crippen molar-refractivity contribution in [3.63, 3.8) is 0 Å². The fourth-order valence-electron chi connectivity index (χ4n) is 3.03. The molecule has 0 aliphatic heterocycles. The number of imidazole rings is 1. The molecule has 1 saturated carbocycles. The summed E-state index contributed by atoms with van der Waals surface area (Å²) in [6.07, 6.45) is 6.44. The van der Waals surface area contributed by atoms with Gasteiger partial charge in [0.2, 0.25) is 0 Å². The van der Waals surface area contributed by atoms with Crippen molar-refractivity contribution in [1.82, 2.24) is 14.7 Å². The fourth-order valence-corrected chi connectivity index (χ4v) is 4.29. The number of hydrogen-bond donors (Lipinski definition) is 2. The molecule has 114 valence electrons. The third-order valence-electron chi connectivity index (χ3n) is 4.21. The van der Waals surface area contributed by atoms with E-state index < -0.39 is 10.0 Å². The van der Waals surface area contributed by atoms with Crippen LogP contribution in [-0.4, -0.2) is 24.4 Å². The Morgan fingerprint density at radius 2 is 2.10 bits per heavy atom. The molecule has 0 bridgehead atoms. The molecule has 1 aromatic heterocycles. The Morgan fingerprint density at radius 3 is 2.70 bits per heavy atom. The van der Waals surface area contributed by atoms with E-state index in [1.54, 1.807) is 0 Å². The van der Waals surface area contributed by atoms with Crippen LogP contribution in [0.2, 0.25) is 0 Å². The molecule has 20 heavy (non-hydrogen) atoms. The molecular weight excluding hydrogens is 274 g/mol. The molecule has 6 heteroatoms. The molecule has 1 aromatic rings. The van der Waals surface area contributed by atoms with Gasteiger partial charge in [-0.1, -0.05) is 33.6 Å². The summed E-state index contributed by atoms with van der Waals surface area (Å²) < 4.78 is 27.7. The average Bonchev–Trinajstić information content (AvgIpc) is 2.88. The normalized spacial score (nSPS) is 24.2. The zero-order valence-corrected chi connectivity index (χ0v) is 13.3. The van der Waals surface area contributed by atoms with E-state index in [1.807, 2.05) is 6.92 Å². The van der Waals surface area contributed by atoms with Gasteiger partial charge in [-0.15, -0.1) is 0 Å². The van der Waals surface area contributed by atoms with Crippen LogP contribution in [-0.2, 0) is 16.4 Å². The molecule has 0 radical (unpaired) electrons. The minimum Gasteiger partial charge on any atom is -0.332 e. The average molecular weight is 299 g/mol. The Morgan fingerprint density at radius 1 is 1.40 bits per heavy atom. The molecule has 0 saturated heterocycles. The van der Waals surface area contributed by atoms with Crippen LogP contribution < -0.4 is 4.72 Å². The van der Waals surface area contributed by atoms with E-state index in [9.17, 15) is 8.42 Å². The molecule has 1 aliphatic rings. The van der Waals surface area contributed by atoms with Crippen molar-refractivity contribution < 1.29 is 8.42 Å². The highest BCUT2D eigenvalue weighted by Crippen LogP contribution is 2.31. The van der Waals surface area contributed by atoms with Crippen LogP contribution in [0.4, 0.5) is 0 Å². The summed E-state index contributed by atoms with van der Waals surface area (Å²) in [5, 5.41) is 0.183. The van der Waals surface area contributed by atoms with Gasteiger partial charge in [0.15, 0.2) is 5.03 Å². The number of aromatic amines is 1. The molecule has 1 fully saturated rings. The van der Waals surface area contributed by atoms with Crippen LogP contribution in [0.3, 0.4) is 0 Å². The number of aromatic nitrogens is 2. The summed E-state index contributed by atoms with van der Waals surface area (Å²) in [5.41, 5.74) is 0. The monoisotopic (exact) mass is 299 g/mol. The van der Waals surface area contributed by atoms with E-state index >= 15 is 0 Å². The zero-order valence-electron chi connectivity index (χ0n) is 12.5. The first-order valence-electron chi connectivity index (χ1n) is 7.50. The largest absolute Gasteiger partial charge is 0.332 e. The third kappa shape index (κ3) is 3.41. The van der Waals surface area contributed by atoms with Gasteiger partial charge in [0.05, 0.1) is 6.20 Å². The summed E-state index contributed by atoms with van der Waals surface area (Å²) in [6.45, 7) is 6.28. The minimum atomic E-state index is -3.48. The van der Waals surface area contributed by atoms with Crippen LogP contribution in [0.5, 0.6) is 0 Å². The van der Waals surface area contributed by atoms with Gasteiger partial charge in [-0.2, -0.15) is 0 Å². The van der Waals surface area contributed by atoms with Crippen molar-refractivity contribution in [2.75, 3.05) is 0 Å². The first-order valence-corrected chi connectivity index (χ1v) is 8.98. The van der Waals surface area contributed by atoms with Gasteiger partial charge in [0, 0.05) is 12.5 Å². The molecule has 2 rings (SSSR count). The van der Waals surface area contributed by atoms with Gasteiger partial charge in [0.25, 0.3) is 10.0 Å². The molecule has 2 unspecified atom stereocenters. The van der Waals surface area contributed by atoms with Crippen LogP contribution >= 0.6 is 0 Å². The highest BCUT2D eigenvalue weighted by Gasteiger charge is 2.31. The van der Waals surface area contributed by atoms with Crippen molar-refractivity contribution in [2.24, 2.45) is 11.8 Å². The SMILES string of the molecule is CCc1ncc(S(=O)(=O)NC2CCCCC2C(C)C)[nH]1. The number of H-pyrrole nitrogens is 1. The summed E-state index contributed by atoms with van der Waals surface area (Å²) >= 11 is 0. The molecule has 1 heterocycles. The Hall–Kier alpha value is -0.880. The van der Waals surface area contributed by atoms with E-state index in [4.69, 9.17) is 0 Å². The van der Waals surface area contributed by atoms with Crippen molar-refractivity contribution in [3.05, 3.63) is 12.0 Å². The van der Waals surface area contributed by atoms with Crippen molar-refractivity contribution >= 4 is 10.0 Å². The van der Waals surface area contributed by atoms with Crippen molar-refractivity contribution in [3.8, 4) is 0 Å². The number of sulfonamides is 1. The quantitative estimate of drug-likeness (QED) is 0.877. The predicted octanol–water partition coefficient (Wildman–Crippen LogP) is 2.47. The Bertz CT molecular complexity index is 536. The lowest BCUT2D eigenvalue weighted by Crippen LogP contribution is -2.43. The summed E-state index contributed by atoms with van der Waals surface area (Å²) in [4.78, 5) is 6.95. The second-order valence-electron chi connectivity index (χ2n) is 5.97. The number of aryl methyl sites for hydroxylation is 1. The molecule has 2 N–H and O–H groups in total. The first kappa shape index (κ1) is 15.5. The van der Waals surface area contributed by atoms with Gasteiger partial charge >= 0.3 is 0 Å².